The van der Waals surface area contributed by atoms with Crippen molar-refractivity contribution in [2.24, 2.45) is 0 Å². The van der Waals surface area contributed by atoms with E-state index in [4.69, 9.17) is 0 Å². The van der Waals surface area contributed by atoms with Crippen molar-refractivity contribution in [3.05, 3.63) is 110 Å². The Kier molecular flexibility index (Phi) is 5.63. The zero-order valence-electron chi connectivity index (χ0n) is 15.7. The zero-order valence-corrected chi connectivity index (χ0v) is 15.7. The predicted octanol–water partition coefficient (Wildman–Crippen LogP) is 4.30. The van der Waals surface area contributed by atoms with E-state index in [1.54, 1.807) is 30.3 Å². The van der Waals surface area contributed by atoms with Gasteiger partial charge in [0.15, 0.2) is 0 Å². The first-order valence-electron chi connectivity index (χ1n) is 8.73. The summed E-state index contributed by atoms with van der Waals surface area (Å²) in [6.45, 7) is 1.82. The molecule has 0 aliphatic heterocycles. The van der Waals surface area contributed by atoms with Gasteiger partial charge in [-0.15, -0.1) is 0 Å². The van der Waals surface area contributed by atoms with Gasteiger partial charge < -0.3 is 0 Å². The van der Waals surface area contributed by atoms with Crippen molar-refractivity contribution in [3.63, 3.8) is 0 Å². The van der Waals surface area contributed by atoms with Crippen LogP contribution in [0.1, 0.15) is 26.3 Å². The summed E-state index contributed by atoms with van der Waals surface area (Å²) in [6.07, 6.45) is 0. The number of carbonyl (C=O) groups is 2. The Morgan fingerprint density at radius 3 is 1.87 bits per heavy atom. The molecule has 0 atom stereocenters. The van der Waals surface area contributed by atoms with E-state index < -0.39 is 33.0 Å². The molecule has 0 bridgehead atoms. The number of imide groups is 1. The average Bonchev–Trinajstić information content (AvgIpc) is 2.74. The fourth-order valence-electron chi connectivity index (χ4n) is 2.81. The molecule has 0 aliphatic carbocycles. The van der Waals surface area contributed by atoms with Gasteiger partial charge in [-0.25, -0.2) is 4.90 Å². The lowest BCUT2D eigenvalue weighted by Crippen LogP contribution is -2.37. The third-order valence-electron chi connectivity index (χ3n) is 4.33. The Bertz CT molecular complexity index is 1140. The molecule has 150 valence electrons. The van der Waals surface area contributed by atoms with Gasteiger partial charge in [-0.2, -0.15) is 0 Å². The van der Waals surface area contributed by atoms with Gasteiger partial charge in [0, 0.05) is 17.2 Å². The summed E-state index contributed by atoms with van der Waals surface area (Å²) in [5.74, 6) is -1.58. The van der Waals surface area contributed by atoms with Gasteiger partial charge in [0.2, 0.25) is 0 Å². The highest BCUT2D eigenvalue weighted by Crippen LogP contribution is 2.34. The van der Waals surface area contributed by atoms with Gasteiger partial charge >= 0.3 is 0 Å². The molecule has 0 heterocycles. The summed E-state index contributed by atoms with van der Waals surface area (Å²) < 4.78 is 0. The average molecular weight is 405 g/mol. The topological polar surface area (TPSA) is 124 Å². The van der Waals surface area contributed by atoms with Crippen molar-refractivity contribution in [1.29, 1.82) is 0 Å². The molecule has 0 radical (unpaired) electrons. The van der Waals surface area contributed by atoms with Crippen LogP contribution in [0.2, 0.25) is 0 Å². The van der Waals surface area contributed by atoms with Gasteiger partial charge in [0.25, 0.3) is 23.2 Å². The van der Waals surface area contributed by atoms with Gasteiger partial charge in [-0.1, -0.05) is 35.9 Å². The maximum absolute atomic E-state index is 13.2. The summed E-state index contributed by atoms with van der Waals surface area (Å²) in [7, 11) is 0. The van der Waals surface area contributed by atoms with Gasteiger partial charge in [-0.3, -0.25) is 29.8 Å². The number of rotatable bonds is 5. The number of hydrogen-bond donors (Lipinski definition) is 0. The second-order valence-corrected chi connectivity index (χ2v) is 6.37. The van der Waals surface area contributed by atoms with Crippen LogP contribution in [0.25, 0.3) is 0 Å². The van der Waals surface area contributed by atoms with Gasteiger partial charge in [0.1, 0.15) is 5.69 Å². The number of benzene rings is 3. The van der Waals surface area contributed by atoms with E-state index in [1.165, 1.54) is 24.3 Å². The number of nitro benzene ring substituents is 2. The molecule has 3 rings (SSSR count). The van der Waals surface area contributed by atoms with Crippen molar-refractivity contribution in [2.45, 2.75) is 6.92 Å². The monoisotopic (exact) mass is 405 g/mol. The van der Waals surface area contributed by atoms with Crippen LogP contribution in [0.4, 0.5) is 17.1 Å². The van der Waals surface area contributed by atoms with Crippen LogP contribution in [0.15, 0.2) is 72.8 Å². The van der Waals surface area contributed by atoms with Crippen molar-refractivity contribution in [2.75, 3.05) is 4.90 Å². The predicted molar refractivity (Wildman–Crippen MR) is 109 cm³/mol. The lowest BCUT2D eigenvalue weighted by molar-refractivity contribution is -0.393. The number of amides is 2. The molecule has 0 spiro atoms. The van der Waals surface area contributed by atoms with E-state index in [-0.39, 0.29) is 16.8 Å². The van der Waals surface area contributed by atoms with Gasteiger partial charge in [0.05, 0.1) is 15.9 Å². The van der Waals surface area contributed by atoms with Crippen LogP contribution in [0.5, 0.6) is 0 Å². The minimum Gasteiger partial charge on any atom is -0.268 e. The number of carbonyl (C=O) groups excluding carboxylic acids is 2. The Labute approximate surface area is 170 Å². The Hall–Kier alpha value is -4.40. The van der Waals surface area contributed by atoms with Crippen molar-refractivity contribution >= 4 is 28.9 Å². The molecule has 9 nitrogen and oxygen atoms in total. The highest BCUT2D eigenvalue weighted by molar-refractivity contribution is 6.26. The number of non-ortho nitro benzene ring substituents is 1. The highest BCUT2D eigenvalue weighted by Gasteiger charge is 2.33. The molecule has 30 heavy (non-hydrogen) atoms. The second-order valence-electron chi connectivity index (χ2n) is 6.37. The SMILES string of the molecule is Cc1ccc(C(=O)N(C(=O)c2ccccc2)c2ccc([N+](=O)[O-])cc2[N+](=O)[O-])cc1. The van der Waals surface area contributed by atoms with Crippen molar-refractivity contribution in [1.82, 2.24) is 0 Å². The normalized spacial score (nSPS) is 10.3. The van der Waals surface area contributed by atoms with Crippen LogP contribution in [-0.4, -0.2) is 21.7 Å². The summed E-state index contributed by atoms with van der Waals surface area (Å²) in [6, 6.07) is 16.9. The van der Waals surface area contributed by atoms with Crippen LogP contribution in [0.3, 0.4) is 0 Å². The molecule has 3 aromatic carbocycles. The van der Waals surface area contributed by atoms with E-state index in [0.29, 0.717) is 4.90 Å². The van der Waals surface area contributed by atoms with E-state index in [0.717, 1.165) is 23.8 Å². The lowest BCUT2D eigenvalue weighted by Gasteiger charge is -2.21. The molecular formula is C21H15N3O6. The van der Waals surface area contributed by atoms with Crippen LogP contribution in [-0.2, 0) is 0 Å². The maximum atomic E-state index is 13.2. The molecule has 0 N–H and O–H groups in total. The summed E-state index contributed by atoms with van der Waals surface area (Å²) in [4.78, 5) is 48.0. The summed E-state index contributed by atoms with van der Waals surface area (Å²) in [5.41, 5.74) is -0.462. The molecule has 0 unspecified atom stereocenters. The smallest absolute Gasteiger partial charge is 0.268 e. The molecule has 3 aromatic rings. The molecule has 0 saturated heterocycles. The van der Waals surface area contributed by atoms with E-state index >= 15 is 0 Å². The molecule has 0 aliphatic rings. The first kappa shape index (κ1) is 20.3. The Morgan fingerprint density at radius 2 is 1.33 bits per heavy atom. The first-order valence-corrected chi connectivity index (χ1v) is 8.73. The van der Waals surface area contributed by atoms with Crippen molar-refractivity contribution in [3.8, 4) is 0 Å². The zero-order chi connectivity index (χ0) is 21.8. The minimum atomic E-state index is -0.865. The lowest BCUT2D eigenvalue weighted by atomic mass is 10.1. The van der Waals surface area contributed by atoms with Crippen LogP contribution >= 0.6 is 0 Å². The highest BCUT2D eigenvalue weighted by atomic mass is 16.6. The number of nitro groups is 2. The molecule has 0 aromatic heterocycles. The molecule has 9 heteroatoms. The molecule has 0 fully saturated rings. The van der Waals surface area contributed by atoms with E-state index in [9.17, 15) is 29.8 Å². The van der Waals surface area contributed by atoms with Crippen LogP contribution < -0.4 is 4.90 Å². The van der Waals surface area contributed by atoms with Crippen molar-refractivity contribution < 1.29 is 19.4 Å². The van der Waals surface area contributed by atoms with Crippen LogP contribution in [0, 0.1) is 27.2 Å². The second kappa shape index (κ2) is 8.31. The number of anilines is 1. The van der Waals surface area contributed by atoms with Gasteiger partial charge in [-0.05, 0) is 37.3 Å². The summed E-state index contributed by atoms with van der Waals surface area (Å²) >= 11 is 0. The quantitative estimate of drug-likeness (QED) is 0.354. The first-order chi connectivity index (χ1) is 14.3. The minimum absolute atomic E-state index is 0.130. The molecular weight excluding hydrogens is 390 g/mol. The maximum Gasteiger partial charge on any atom is 0.300 e. The largest absolute Gasteiger partial charge is 0.300 e. The summed E-state index contributed by atoms with van der Waals surface area (Å²) in [5, 5.41) is 22.6. The number of aryl methyl sites for hydroxylation is 1. The van der Waals surface area contributed by atoms with E-state index in [2.05, 4.69) is 0 Å². The Balaban J connectivity index is 2.20. The number of hydrogen-bond acceptors (Lipinski definition) is 6. The molecule has 2 amide bonds. The third-order valence-corrected chi connectivity index (χ3v) is 4.33. The fourth-order valence-corrected chi connectivity index (χ4v) is 2.81. The number of nitrogens with zero attached hydrogens (tertiary/aromatic N) is 3. The fraction of sp³-hybridized carbons (Fsp3) is 0.0476. The standard InChI is InChI=1S/C21H15N3O6/c1-14-7-9-16(10-8-14)21(26)22(20(25)15-5-3-2-4-6-15)18-12-11-17(23(27)28)13-19(18)24(29)30/h2-13H,1H3. The Morgan fingerprint density at radius 1 is 0.767 bits per heavy atom. The van der Waals surface area contributed by atoms with E-state index in [1.807, 2.05) is 6.92 Å². The molecule has 0 saturated carbocycles. The third kappa shape index (κ3) is 4.04.